The van der Waals surface area contributed by atoms with E-state index in [1.807, 2.05) is 0 Å². The van der Waals surface area contributed by atoms with Gasteiger partial charge in [-0.2, -0.15) is 0 Å². The van der Waals surface area contributed by atoms with Crippen molar-refractivity contribution in [1.29, 1.82) is 0 Å². The van der Waals surface area contributed by atoms with E-state index in [-0.39, 0.29) is 23.9 Å². The second-order valence-corrected chi connectivity index (χ2v) is 5.40. The molecule has 0 amide bonds. The van der Waals surface area contributed by atoms with E-state index >= 15 is 0 Å². The van der Waals surface area contributed by atoms with Gasteiger partial charge in [-0.05, 0) is 44.9 Å². The highest BCUT2D eigenvalue weighted by atomic mass is 16.5. The van der Waals surface area contributed by atoms with Crippen molar-refractivity contribution in [1.82, 2.24) is 0 Å². The Balaban J connectivity index is 1.72. The molecule has 1 fully saturated rings. The van der Waals surface area contributed by atoms with Gasteiger partial charge < -0.3 is 19.3 Å². The minimum Gasteiger partial charge on any atom is -0.491 e. The first-order chi connectivity index (χ1) is 10.0. The topological polar surface area (TPSA) is 65.0 Å². The standard InChI is InChI=1S/C16H22O5/c1-11-8-15(9-12(2)21-11)20-7-6-19-14-5-3-4-13(10-14)16(17)18/h3-5,10-12,15H,6-9H2,1-2H3,(H,17,18). The van der Waals surface area contributed by atoms with Crippen molar-refractivity contribution >= 4 is 5.97 Å². The molecule has 1 aromatic rings. The largest absolute Gasteiger partial charge is 0.491 e. The van der Waals surface area contributed by atoms with E-state index in [0.29, 0.717) is 19.0 Å². The summed E-state index contributed by atoms with van der Waals surface area (Å²) >= 11 is 0. The van der Waals surface area contributed by atoms with Crippen LogP contribution in [-0.2, 0) is 9.47 Å². The maximum absolute atomic E-state index is 10.9. The molecule has 2 unspecified atom stereocenters. The predicted molar refractivity (Wildman–Crippen MR) is 77.9 cm³/mol. The van der Waals surface area contributed by atoms with Gasteiger partial charge in [-0.15, -0.1) is 0 Å². The fourth-order valence-corrected chi connectivity index (χ4v) is 2.57. The molecule has 0 aliphatic carbocycles. The van der Waals surface area contributed by atoms with Crippen LogP contribution in [0.3, 0.4) is 0 Å². The van der Waals surface area contributed by atoms with Crippen molar-refractivity contribution in [2.75, 3.05) is 13.2 Å². The number of carboxylic acid groups (broad SMARTS) is 1. The first kappa shape index (κ1) is 15.8. The molecule has 0 aromatic heterocycles. The van der Waals surface area contributed by atoms with E-state index in [2.05, 4.69) is 13.8 Å². The van der Waals surface area contributed by atoms with E-state index in [4.69, 9.17) is 19.3 Å². The van der Waals surface area contributed by atoms with Crippen molar-refractivity contribution in [2.45, 2.75) is 45.0 Å². The average Bonchev–Trinajstić information content (AvgIpc) is 2.43. The maximum Gasteiger partial charge on any atom is 0.335 e. The Morgan fingerprint density at radius 2 is 2.00 bits per heavy atom. The van der Waals surface area contributed by atoms with E-state index in [1.165, 1.54) is 12.1 Å². The van der Waals surface area contributed by atoms with Crippen molar-refractivity contribution < 1.29 is 24.1 Å². The van der Waals surface area contributed by atoms with Gasteiger partial charge in [-0.25, -0.2) is 4.79 Å². The van der Waals surface area contributed by atoms with Gasteiger partial charge >= 0.3 is 5.97 Å². The molecule has 1 aliphatic rings. The third-order valence-corrected chi connectivity index (χ3v) is 3.44. The number of carbonyl (C=O) groups is 1. The van der Waals surface area contributed by atoms with Crippen LogP contribution in [0.4, 0.5) is 0 Å². The molecule has 2 rings (SSSR count). The van der Waals surface area contributed by atoms with Crippen LogP contribution in [0.2, 0.25) is 0 Å². The van der Waals surface area contributed by atoms with Gasteiger partial charge in [0.2, 0.25) is 0 Å². The molecular weight excluding hydrogens is 272 g/mol. The molecule has 1 aliphatic heterocycles. The molecule has 1 N–H and O–H groups in total. The van der Waals surface area contributed by atoms with Crippen LogP contribution in [0, 0.1) is 0 Å². The lowest BCUT2D eigenvalue weighted by molar-refractivity contribution is -0.104. The van der Waals surface area contributed by atoms with Crippen LogP contribution in [-0.4, -0.2) is 42.6 Å². The number of benzene rings is 1. The van der Waals surface area contributed by atoms with Gasteiger partial charge in [-0.1, -0.05) is 6.07 Å². The fourth-order valence-electron chi connectivity index (χ4n) is 2.57. The number of rotatable bonds is 6. The van der Waals surface area contributed by atoms with Crippen LogP contribution in [0.5, 0.6) is 5.75 Å². The lowest BCUT2D eigenvalue weighted by atomic mass is 10.0. The number of hydrogen-bond donors (Lipinski definition) is 1. The van der Waals surface area contributed by atoms with Gasteiger partial charge in [0, 0.05) is 0 Å². The van der Waals surface area contributed by atoms with Gasteiger partial charge in [-0.3, -0.25) is 0 Å². The Bertz CT molecular complexity index is 463. The van der Waals surface area contributed by atoms with Crippen LogP contribution < -0.4 is 4.74 Å². The zero-order valence-electron chi connectivity index (χ0n) is 12.5. The number of hydrogen-bond acceptors (Lipinski definition) is 4. The van der Waals surface area contributed by atoms with Gasteiger partial charge in [0.05, 0.1) is 30.5 Å². The van der Waals surface area contributed by atoms with Crippen molar-refractivity contribution in [3.05, 3.63) is 29.8 Å². The molecule has 116 valence electrons. The quantitative estimate of drug-likeness (QED) is 0.817. The summed E-state index contributed by atoms with van der Waals surface area (Å²) in [5.41, 5.74) is 0.223. The molecule has 1 heterocycles. The summed E-state index contributed by atoms with van der Waals surface area (Å²) in [4.78, 5) is 10.9. The van der Waals surface area contributed by atoms with E-state index < -0.39 is 5.97 Å². The number of aromatic carboxylic acids is 1. The Labute approximate surface area is 124 Å². The second-order valence-electron chi connectivity index (χ2n) is 5.40. The van der Waals surface area contributed by atoms with Crippen LogP contribution >= 0.6 is 0 Å². The highest BCUT2D eigenvalue weighted by molar-refractivity contribution is 5.87. The zero-order valence-corrected chi connectivity index (χ0v) is 12.5. The lowest BCUT2D eigenvalue weighted by Crippen LogP contribution is -2.34. The summed E-state index contributed by atoms with van der Waals surface area (Å²) in [5, 5.41) is 8.91. The molecule has 21 heavy (non-hydrogen) atoms. The van der Waals surface area contributed by atoms with Crippen molar-refractivity contribution in [2.24, 2.45) is 0 Å². The summed E-state index contributed by atoms with van der Waals surface area (Å²) in [6.07, 6.45) is 2.47. The third-order valence-electron chi connectivity index (χ3n) is 3.44. The maximum atomic E-state index is 10.9. The highest BCUT2D eigenvalue weighted by Crippen LogP contribution is 2.21. The highest BCUT2D eigenvalue weighted by Gasteiger charge is 2.24. The summed E-state index contributed by atoms with van der Waals surface area (Å²) in [7, 11) is 0. The minimum atomic E-state index is -0.957. The predicted octanol–water partition coefficient (Wildman–Crippen LogP) is 2.74. The van der Waals surface area contributed by atoms with Crippen molar-refractivity contribution in [3.63, 3.8) is 0 Å². The van der Waals surface area contributed by atoms with E-state index in [1.54, 1.807) is 12.1 Å². The molecule has 1 aromatic carbocycles. The Morgan fingerprint density at radius 1 is 1.29 bits per heavy atom. The monoisotopic (exact) mass is 294 g/mol. The Morgan fingerprint density at radius 3 is 2.67 bits per heavy atom. The fraction of sp³-hybridized carbons (Fsp3) is 0.562. The number of ether oxygens (including phenoxy) is 3. The average molecular weight is 294 g/mol. The minimum absolute atomic E-state index is 0.206. The van der Waals surface area contributed by atoms with Crippen molar-refractivity contribution in [3.8, 4) is 5.75 Å². The van der Waals surface area contributed by atoms with Crippen LogP contribution in [0.1, 0.15) is 37.0 Å². The smallest absolute Gasteiger partial charge is 0.335 e. The second kappa shape index (κ2) is 7.43. The summed E-state index contributed by atoms with van der Waals surface area (Å²) in [5.74, 6) is -0.408. The molecule has 1 saturated heterocycles. The van der Waals surface area contributed by atoms with E-state index in [0.717, 1.165) is 12.8 Å². The zero-order chi connectivity index (χ0) is 15.2. The molecule has 0 saturated carbocycles. The third kappa shape index (κ3) is 5.02. The molecule has 0 radical (unpaired) electrons. The van der Waals surface area contributed by atoms with Crippen LogP contribution in [0.15, 0.2) is 24.3 Å². The normalized spacial score (nSPS) is 25.5. The van der Waals surface area contributed by atoms with Crippen LogP contribution in [0.25, 0.3) is 0 Å². The van der Waals surface area contributed by atoms with E-state index in [9.17, 15) is 4.79 Å². The molecule has 2 atom stereocenters. The summed E-state index contributed by atoms with van der Waals surface area (Å²) < 4.78 is 17.0. The van der Waals surface area contributed by atoms with Gasteiger partial charge in [0.15, 0.2) is 0 Å². The molecule has 0 spiro atoms. The molecule has 5 nitrogen and oxygen atoms in total. The SMILES string of the molecule is CC1CC(OCCOc2cccc(C(=O)O)c2)CC(C)O1. The Hall–Kier alpha value is -1.59. The summed E-state index contributed by atoms with van der Waals surface area (Å²) in [6, 6.07) is 6.46. The number of carboxylic acids is 1. The van der Waals surface area contributed by atoms with Gasteiger partial charge in [0.25, 0.3) is 0 Å². The first-order valence-electron chi connectivity index (χ1n) is 7.28. The lowest BCUT2D eigenvalue weighted by Gasteiger charge is -2.31. The summed E-state index contributed by atoms with van der Waals surface area (Å²) in [6.45, 7) is 5.00. The Kier molecular flexibility index (Phi) is 5.59. The molecular formula is C16H22O5. The molecule has 5 heteroatoms. The molecule has 0 bridgehead atoms. The first-order valence-corrected chi connectivity index (χ1v) is 7.28. The van der Waals surface area contributed by atoms with Gasteiger partial charge in [0.1, 0.15) is 12.4 Å².